The second-order valence-corrected chi connectivity index (χ2v) is 7.72. The molecule has 1 saturated heterocycles. The van der Waals surface area contributed by atoms with Crippen molar-refractivity contribution in [2.75, 3.05) is 14.1 Å². The number of hydrogen-bond acceptors (Lipinski definition) is 5. The maximum Gasteiger partial charge on any atom is 0.514 e. The van der Waals surface area contributed by atoms with Crippen LogP contribution in [0.1, 0.15) is 51.0 Å². The molecule has 2 heterocycles. The Bertz CT molecular complexity index is 640. The molecule has 0 N–H and O–H groups in total. The van der Waals surface area contributed by atoms with E-state index in [0.29, 0.717) is 17.0 Å². The second kappa shape index (κ2) is 5.74. The lowest BCUT2D eigenvalue weighted by atomic mass is 9.84. The van der Waals surface area contributed by atoms with Gasteiger partial charge in [-0.3, -0.25) is 9.78 Å². The van der Waals surface area contributed by atoms with E-state index in [0.717, 1.165) is 12.8 Å². The molecule has 0 unspecified atom stereocenters. The predicted octanol–water partition coefficient (Wildman–Crippen LogP) is 1.62. The highest BCUT2D eigenvalue weighted by atomic mass is 16.7. The van der Waals surface area contributed by atoms with Crippen molar-refractivity contribution in [3.8, 4) is 5.75 Å². The molecule has 3 rings (SSSR count). The highest BCUT2D eigenvalue weighted by Gasteiger charge is 2.52. The first-order valence-electron chi connectivity index (χ1n) is 8.35. The van der Waals surface area contributed by atoms with E-state index >= 15 is 0 Å². The Hall–Kier alpha value is -1.60. The van der Waals surface area contributed by atoms with Gasteiger partial charge in [-0.1, -0.05) is 0 Å². The lowest BCUT2D eigenvalue weighted by Gasteiger charge is -2.32. The second-order valence-electron chi connectivity index (χ2n) is 7.72. The van der Waals surface area contributed by atoms with Crippen LogP contribution in [0.2, 0.25) is 0 Å². The predicted molar refractivity (Wildman–Crippen MR) is 91.6 cm³/mol. The summed E-state index contributed by atoms with van der Waals surface area (Å²) in [6.07, 6.45) is 2.33. The van der Waals surface area contributed by atoms with Gasteiger partial charge in [-0.15, -0.1) is 0 Å². The first-order chi connectivity index (χ1) is 11.1. The van der Waals surface area contributed by atoms with Crippen LogP contribution in [0.25, 0.3) is 0 Å². The molecule has 2 fully saturated rings. The van der Waals surface area contributed by atoms with E-state index in [1.54, 1.807) is 20.2 Å². The number of nitrogens with zero attached hydrogens (tertiary/aromatic N) is 2. The zero-order valence-corrected chi connectivity index (χ0v) is 15.3. The number of aromatic nitrogens is 1. The average molecular weight is 332 g/mol. The molecule has 6 nitrogen and oxygen atoms in total. The van der Waals surface area contributed by atoms with Crippen LogP contribution >= 0.6 is 0 Å². The molecule has 0 bridgehead atoms. The van der Waals surface area contributed by atoms with Gasteiger partial charge in [0.2, 0.25) is 0 Å². The number of rotatable bonds is 4. The summed E-state index contributed by atoms with van der Waals surface area (Å²) in [7, 11) is 2.78. The van der Waals surface area contributed by atoms with Crippen LogP contribution in [0.4, 0.5) is 0 Å². The molecule has 2 aliphatic rings. The largest absolute Gasteiger partial charge is 0.514 e. The summed E-state index contributed by atoms with van der Waals surface area (Å²) < 4.78 is 18.0. The molecule has 1 aliphatic heterocycles. The third kappa shape index (κ3) is 3.28. The summed E-state index contributed by atoms with van der Waals surface area (Å²) >= 11 is 0. The minimum atomic E-state index is -0.619. The monoisotopic (exact) mass is 332 g/mol. The highest BCUT2D eigenvalue weighted by Crippen LogP contribution is 2.36. The normalized spacial score (nSPS) is 21.7. The number of carbonyl (C=O) groups is 1. The number of hydrogen-bond donors (Lipinski definition) is 0. The molecule has 1 saturated carbocycles. The summed E-state index contributed by atoms with van der Waals surface area (Å²) in [6.45, 7) is 7.96. The van der Waals surface area contributed by atoms with Crippen molar-refractivity contribution in [3.05, 3.63) is 17.8 Å². The van der Waals surface area contributed by atoms with Crippen molar-refractivity contribution in [1.29, 1.82) is 0 Å². The third-order valence-corrected chi connectivity index (χ3v) is 4.77. The van der Waals surface area contributed by atoms with Gasteiger partial charge in [0, 0.05) is 20.2 Å². The van der Waals surface area contributed by atoms with Crippen molar-refractivity contribution in [2.24, 2.45) is 0 Å². The van der Waals surface area contributed by atoms with E-state index < -0.39 is 18.3 Å². The number of carbonyl (C=O) groups excluding carboxylic acids is 1. The van der Waals surface area contributed by atoms with Gasteiger partial charge >= 0.3 is 7.12 Å². The topological polar surface area (TPSA) is 60.9 Å². The molecule has 0 spiro atoms. The van der Waals surface area contributed by atoms with E-state index in [1.165, 1.54) is 4.90 Å². The third-order valence-electron chi connectivity index (χ3n) is 4.77. The van der Waals surface area contributed by atoms with Crippen molar-refractivity contribution < 1.29 is 18.8 Å². The van der Waals surface area contributed by atoms with E-state index in [2.05, 4.69) is 4.98 Å². The van der Waals surface area contributed by atoms with Crippen LogP contribution in [0.3, 0.4) is 0 Å². The fraction of sp³-hybridized carbons (Fsp3) is 0.647. The summed E-state index contributed by atoms with van der Waals surface area (Å²) in [5, 5.41) is 0. The Labute approximate surface area is 143 Å². The van der Waals surface area contributed by atoms with Crippen LogP contribution in [-0.4, -0.2) is 54.3 Å². The highest BCUT2D eigenvalue weighted by molar-refractivity contribution is 6.61. The number of amides is 1. The quantitative estimate of drug-likeness (QED) is 0.784. The number of ether oxygens (including phenoxy) is 1. The van der Waals surface area contributed by atoms with Gasteiger partial charge in [-0.2, -0.15) is 0 Å². The minimum absolute atomic E-state index is 0.172. The van der Waals surface area contributed by atoms with E-state index in [1.807, 2.05) is 33.8 Å². The van der Waals surface area contributed by atoms with Crippen LogP contribution < -0.4 is 10.3 Å². The van der Waals surface area contributed by atoms with Crippen molar-refractivity contribution in [2.45, 2.75) is 57.8 Å². The zero-order valence-electron chi connectivity index (χ0n) is 15.3. The Kier molecular flexibility index (Phi) is 4.12. The first-order valence-corrected chi connectivity index (χ1v) is 8.35. The Morgan fingerprint density at radius 1 is 1.21 bits per heavy atom. The first kappa shape index (κ1) is 17.2. The molecular weight excluding hydrogens is 307 g/mol. The molecule has 0 atom stereocenters. The smallest absolute Gasteiger partial charge is 0.490 e. The van der Waals surface area contributed by atoms with Crippen molar-refractivity contribution in [1.82, 2.24) is 9.88 Å². The van der Waals surface area contributed by atoms with Crippen LogP contribution in [0.15, 0.2) is 12.1 Å². The summed E-state index contributed by atoms with van der Waals surface area (Å²) in [5.74, 6) is 0.469. The van der Waals surface area contributed by atoms with Gasteiger partial charge < -0.3 is 18.9 Å². The molecule has 1 aromatic heterocycles. The lowest BCUT2D eigenvalue weighted by Crippen LogP contribution is -2.41. The van der Waals surface area contributed by atoms with Gasteiger partial charge in [0.1, 0.15) is 11.4 Å². The Balaban J connectivity index is 1.94. The summed E-state index contributed by atoms with van der Waals surface area (Å²) in [4.78, 5) is 18.3. The standard InChI is InChI=1S/C17H25BN2O4/c1-16(2)17(3,4)24-18(23-16)14-10-12(22-11-7-8-11)9-13(19-14)15(21)20(5)6/h9-11H,7-8H2,1-6H3. The summed E-state index contributed by atoms with van der Waals surface area (Å²) in [5.41, 5.74) is -0.0171. The maximum absolute atomic E-state index is 12.3. The average Bonchev–Trinajstić information content (AvgIpc) is 3.24. The van der Waals surface area contributed by atoms with Crippen LogP contribution in [-0.2, 0) is 9.31 Å². The summed E-state index contributed by atoms with van der Waals surface area (Å²) in [6, 6.07) is 3.50. The Morgan fingerprint density at radius 2 is 1.79 bits per heavy atom. The molecular formula is C17H25BN2O4. The molecule has 1 aromatic rings. The SMILES string of the molecule is CN(C)C(=O)c1cc(OC2CC2)cc(B2OC(C)(C)C(C)(C)O2)n1. The van der Waals surface area contributed by atoms with Crippen molar-refractivity contribution in [3.63, 3.8) is 0 Å². The number of pyridine rings is 1. The van der Waals surface area contributed by atoms with Gasteiger partial charge in [0.25, 0.3) is 5.91 Å². The van der Waals surface area contributed by atoms with E-state index in [-0.39, 0.29) is 12.0 Å². The van der Waals surface area contributed by atoms with Gasteiger partial charge in [-0.05, 0) is 46.6 Å². The molecule has 7 heteroatoms. The molecule has 130 valence electrons. The van der Waals surface area contributed by atoms with Gasteiger partial charge in [-0.25, -0.2) is 0 Å². The van der Waals surface area contributed by atoms with E-state index in [9.17, 15) is 4.79 Å². The zero-order chi connectivity index (χ0) is 17.7. The van der Waals surface area contributed by atoms with Crippen LogP contribution in [0.5, 0.6) is 5.75 Å². The fourth-order valence-electron chi connectivity index (χ4n) is 2.40. The van der Waals surface area contributed by atoms with Crippen molar-refractivity contribution >= 4 is 18.6 Å². The van der Waals surface area contributed by atoms with Gasteiger partial charge in [0.05, 0.1) is 22.9 Å². The fourth-order valence-corrected chi connectivity index (χ4v) is 2.40. The van der Waals surface area contributed by atoms with E-state index in [4.69, 9.17) is 14.0 Å². The maximum atomic E-state index is 12.3. The molecule has 1 amide bonds. The van der Waals surface area contributed by atoms with Gasteiger partial charge in [0.15, 0.2) is 0 Å². The molecule has 24 heavy (non-hydrogen) atoms. The molecule has 0 radical (unpaired) electrons. The molecule has 1 aliphatic carbocycles. The lowest BCUT2D eigenvalue weighted by molar-refractivity contribution is 0.00578. The van der Waals surface area contributed by atoms with Crippen LogP contribution in [0, 0.1) is 0 Å². The Morgan fingerprint density at radius 3 is 2.29 bits per heavy atom. The molecule has 0 aromatic carbocycles. The minimum Gasteiger partial charge on any atom is -0.490 e.